The molecule has 0 unspecified atom stereocenters. The van der Waals surface area contributed by atoms with Crippen LogP contribution < -0.4 is 10.5 Å². The van der Waals surface area contributed by atoms with Crippen molar-refractivity contribution in [3.63, 3.8) is 0 Å². The van der Waals surface area contributed by atoms with E-state index in [0.29, 0.717) is 13.2 Å². The van der Waals surface area contributed by atoms with E-state index in [2.05, 4.69) is 25.6 Å². The van der Waals surface area contributed by atoms with Crippen molar-refractivity contribution >= 4 is 11.3 Å². The molecule has 1 aromatic heterocycles. The molecule has 1 heterocycles. The van der Waals surface area contributed by atoms with Gasteiger partial charge in [-0.05, 0) is 56.1 Å². The van der Waals surface area contributed by atoms with E-state index < -0.39 is 0 Å². The van der Waals surface area contributed by atoms with Crippen molar-refractivity contribution in [2.75, 3.05) is 13.2 Å². The molecule has 21 heavy (non-hydrogen) atoms. The van der Waals surface area contributed by atoms with Crippen molar-refractivity contribution in [1.29, 1.82) is 0 Å². The van der Waals surface area contributed by atoms with E-state index >= 15 is 0 Å². The molecule has 0 radical (unpaired) electrons. The van der Waals surface area contributed by atoms with Crippen molar-refractivity contribution in [3.8, 4) is 17.0 Å². The van der Waals surface area contributed by atoms with Gasteiger partial charge in [0, 0.05) is 10.4 Å². The van der Waals surface area contributed by atoms with Gasteiger partial charge in [-0.2, -0.15) is 0 Å². The lowest BCUT2D eigenvalue weighted by molar-refractivity contribution is 0.353. The van der Waals surface area contributed by atoms with E-state index in [-0.39, 0.29) is 0 Å². The van der Waals surface area contributed by atoms with Crippen LogP contribution in [0, 0.1) is 0 Å². The number of nitrogens with zero attached hydrogens (tertiary/aromatic N) is 1. The summed E-state index contributed by atoms with van der Waals surface area (Å²) >= 11 is 1.76. The summed E-state index contributed by atoms with van der Waals surface area (Å²) < 4.78 is 5.63. The highest BCUT2D eigenvalue weighted by atomic mass is 32.1. The van der Waals surface area contributed by atoms with Crippen LogP contribution in [-0.4, -0.2) is 18.1 Å². The molecule has 0 aliphatic heterocycles. The normalized spacial score (nSPS) is 10.6. The first kappa shape index (κ1) is 15.7. The first-order chi connectivity index (χ1) is 10.1. The second kappa shape index (κ2) is 7.38. The lowest BCUT2D eigenvalue weighted by Gasteiger charge is -2.07. The molecule has 4 heteroatoms. The van der Waals surface area contributed by atoms with Gasteiger partial charge in [-0.1, -0.05) is 13.5 Å². The first-order valence-electron chi connectivity index (χ1n) is 7.20. The number of aryl methyl sites for hydroxylation is 1. The van der Waals surface area contributed by atoms with Gasteiger partial charge in [-0.15, -0.1) is 11.3 Å². The molecule has 0 saturated heterocycles. The van der Waals surface area contributed by atoms with Gasteiger partial charge in [-0.25, -0.2) is 4.98 Å². The Kier molecular flexibility index (Phi) is 5.53. The topological polar surface area (TPSA) is 48.1 Å². The molecule has 2 rings (SSSR count). The Balaban J connectivity index is 2.21. The Hall–Kier alpha value is -1.65. The third-order valence-electron chi connectivity index (χ3n) is 3.03. The van der Waals surface area contributed by atoms with Crippen LogP contribution in [0.4, 0.5) is 0 Å². The predicted octanol–water partition coefficient (Wildman–Crippen LogP) is 3.83. The zero-order valence-corrected chi connectivity index (χ0v) is 13.5. The molecule has 0 amide bonds. The van der Waals surface area contributed by atoms with Gasteiger partial charge in [0.2, 0.25) is 0 Å². The average molecular weight is 302 g/mol. The fraction of sp³-hybridized carbons (Fsp3) is 0.353. The standard InChI is InChI=1S/C17H22N2OS/c1-4-16-19-17(15(21-16)9-10-18)13-5-7-14(8-6-13)20-11-12(2)3/h5-8H,2,4,9-11,18H2,1,3H3. The van der Waals surface area contributed by atoms with Crippen molar-refractivity contribution in [2.45, 2.75) is 26.7 Å². The van der Waals surface area contributed by atoms with Crippen LogP contribution in [0.2, 0.25) is 0 Å². The minimum atomic E-state index is 0.550. The van der Waals surface area contributed by atoms with E-state index in [4.69, 9.17) is 15.5 Å². The highest BCUT2D eigenvalue weighted by Gasteiger charge is 2.11. The smallest absolute Gasteiger partial charge is 0.119 e. The lowest BCUT2D eigenvalue weighted by atomic mass is 10.1. The van der Waals surface area contributed by atoms with Gasteiger partial charge in [0.15, 0.2) is 0 Å². The van der Waals surface area contributed by atoms with Crippen LogP contribution in [0.3, 0.4) is 0 Å². The van der Waals surface area contributed by atoms with E-state index in [1.807, 2.05) is 19.1 Å². The molecular formula is C17H22N2OS. The summed E-state index contributed by atoms with van der Waals surface area (Å²) in [6, 6.07) is 8.08. The molecule has 0 bridgehead atoms. The summed E-state index contributed by atoms with van der Waals surface area (Å²) in [6.07, 6.45) is 1.84. The average Bonchev–Trinajstić information content (AvgIpc) is 2.89. The maximum Gasteiger partial charge on any atom is 0.119 e. The Morgan fingerprint density at radius 2 is 2.05 bits per heavy atom. The van der Waals surface area contributed by atoms with Gasteiger partial charge in [0.05, 0.1) is 10.7 Å². The van der Waals surface area contributed by atoms with Crippen molar-refractivity contribution in [2.24, 2.45) is 5.73 Å². The highest BCUT2D eigenvalue weighted by molar-refractivity contribution is 7.12. The monoisotopic (exact) mass is 302 g/mol. The fourth-order valence-electron chi connectivity index (χ4n) is 1.99. The number of aromatic nitrogens is 1. The molecule has 0 atom stereocenters. The fourth-order valence-corrected chi connectivity index (χ4v) is 3.04. The van der Waals surface area contributed by atoms with Crippen molar-refractivity contribution < 1.29 is 4.74 Å². The minimum absolute atomic E-state index is 0.550. The number of ether oxygens (including phenoxy) is 1. The molecule has 112 valence electrons. The number of hydrogen-bond acceptors (Lipinski definition) is 4. The summed E-state index contributed by atoms with van der Waals surface area (Å²) in [6.45, 7) is 9.12. The van der Waals surface area contributed by atoms with Crippen LogP contribution in [0.5, 0.6) is 5.75 Å². The third-order valence-corrected chi connectivity index (χ3v) is 4.29. The maximum absolute atomic E-state index is 5.70. The number of nitrogens with two attached hydrogens (primary N) is 1. The Labute approximate surface area is 130 Å². The van der Waals surface area contributed by atoms with E-state index in [1.165, 1.54) is 4.88 Å². The molecule has 2 N–H and O–H groups in total. The molecule has 3 nitrogen and oxygen atoms in total. The largest absolute Gasteiger partial charge is 0.489 e. The molecule has 0 saturated carbocycles. The second-order valence-electron chi connectivity index (χ2n) is 5.04. The summed E-state index contributed by atoms with van der Waals surface area (Å²) in [5, 5.41) is 1.16. The molecule has 0 aliphatic rings. The second-order valence-corrected chi connectivity index (χ2v) is 6.21. The number of benzene rings is 1. The van der Waals surface area contributed by atoms with E-state index in [0.717, 1.165) is 40.4 Å². The summed E-state index contributed by atoms with van der Waals surface area (Å²) in [5.74, 6) is 0.855. The van der Waals surface area contributed by atoms with E-state index in [1.54, 1.807) is 11.3 Å². The van der Waals surface area contributed by atoms with Gasteiger partial charge in [-0.3, -0.25) is 0 Å². The number of rotatable bonds is 7. The molecule has 1 aromatic carbocycles. The van der Waals surface area contributed by atoms with Gasteiger partial charge >= 0.3 is 0 Å². The predicted molar refractivity (Wildman–Crippen MR) is 90.0 cm³/mol. The van der Waals surface area contributed by atoms with Gasteiger partial charge < -0.3 is 10.5 Å². The SMILES string of the molecule is C=C(C)COc1ccc(-c2nc(CC)sc2CCN)cc1. The summed E-state index contributed by atoms with van der Waals surface area (Å²) in [4.78, 5) is 6.00. The van der Waals surface area contributed by atoms with E-state index in [9.17, 15) is 0 Å². The van der Waals surface area contributed by atoms with Crippen LogP contribution >= 0.6 is 11.3 Å². The third kappa shape index (κ3) is 4.16. The molecule has 0 aliphatic carbocycles. The summed E-state index contributed by atoms with van der Waals surface area (Å²) in [5.41, 5.74) is 8.90. The Morgan fingerprint density at radius 3 is 2.62 bits per heavy atom. The summed E-state index contributed by atoms with van der Waals surface area (Å²) in [7, 11) is 0. The van der Waals surface area contributed by atoms with Crippen LogP contribution in [0.1, 0.15) is 23.7 Å². The van der Waals surface area contributed by atoms with Crippen LogP contribution in [-0.2, 0) is 12.8 Å². The van der Waals surface area contributed by atoms with Crippen LogP contribution in [0.25, 0.3) is 11.3 Å². The number of thiazole rings is 1. The lowest BCUT2D eigenvalue weighted by Crippen LogP contribution is -2.02. The minimum Gasteiger partial charge on any atom is -0.489 e. The van der Waals surface area contributed by atoms with Crippen LogP contribution in [0.15, 0.2) is 36.4 Å². The highest BCUT2D eigenvalue weighted by Crippen LogP contribution is 2.30. The van der Waals surface area contributed by atoms with Crippen molar-refractivity contribution in [3.05, 3.63) is 46.3 Å². The zero-order valence-electron chi connectivity index (χ0n) is 12.7. The quantitative estimate of drug-likeness (QED) is 0.791. The zero-order chi connectivity index (χ0) is 15.2. The maximum atomic E-state index is 5.70. The molecule has 0 spiro atoms. The molecule has 2 aromatic rings. The molecule has 0 fully saturated rings. The Morgan fingerprint density at radius 1 is 1.33 bits per heavy atom. The number of hydrogen-bond donors (Lipinski definition) is 1. The Bertz CT molecular complexity index is 602. The first-order valence-corrected chi connectivity index (χ1v) is 8.02. The molecular weight excluding hydrogens is 280 g/mol. The van der Waals surface area contributed by atoms with Crippen molar-refractivity contribution in [1.82, 2.24) is 4.98 Å². The van der Waals surface area contributed by atoms with Gasteiger partial charge in [0.25, 0.3) is 0 Å². The van der Waals surface area contributed by atoms with Gasteiger partial charge in [0.1, 0.15) is 12.4 Å².